The third kappa shape index (κ3) is 4.22. The van der Waals surface area contributed by atoms with Crippen molar-refractivity contribution in [2.45, 2.75) is 0 Å². The minimum atomic E-state index is -0.599. The quantitative estimate of drug-likeness (QED) is 0.306. The van der Waals surface area contributed by atoms with Crippen molar-refractivity contribution in [3.05, 3.63) is 28.3 Å². The summed E-state index contributed by atoms with van der Waals surface area (Å²) in [5.74, 6) is 0.273. The summed E-state index contributed by atoms with van der Waals surface area (Å²) >= 11 is 1.34. The first-order valence-corrected chi connectivity index (χ1v) is 6.25. The fourth-order valence-corrected chi connectivity index (χ4v) is 1.74. The monoisotopic (exact) mass is 271 g/mol. The van der Waals surface area contributed by atoms with E-state index in [9.17, 15) is 20.0 Å². The van der Waals surface area contributed by atoms with Crippen LogP contribution in [0.2, 0.25) is 0 Å². The summed E-state index contributed by atoms with van der Waals surface area (Å²) in [7, 11) is 0. The van der Waals surface area contributed by atoms with Crippen molar-refractivity contribution in [1.82, 2.24) is 0 Å². The summed E-state index contributed by atoms with van der Waals surface area (Å²) in [6, 6.07) is 3.44. The largest absolute Gasteiger partial charge is 0.506 e. The Labute approximate surface area is 108 Å². The minimum Gasteiger partial charge on any atom is -0.506 e. The average molecular weight is 271 g/mol. The Morgan fingerprint density at radius 3 is 2.89 bits per heavy atom. The highest BCUT2D eigenvalue weighted by Gasteiger charge is 2.12. The zero-order valence-electron chi connectivity index (χ0n) is 9.46. The number of phenolic OH excluding ortho intramolecular Hbond substituents is 1. The predicted molar refractivity (Wildman–Crippen MR) is 69.8 cm³/mol. The predicted octanol–water partition coefficient (Wildman–Crippen LogP) is 0.931. The minimum absolute atomic E-state index is 0.0301. The number of nitro groups is 1. The second-order valence-electron chi connectivity index (χ2n) is 3.35. The molecular formula is C10H13N3O4S. The molecule has 0 aliphatic rings. The molecule has 0 unspecified atom stereocenters. The van der Waals surface area contributed by atoms with E-state index in [0.29, 0.717) is 12.3 Å². The first kappa shape index (κ1) is 14.3. The van der Waals surface area contributed by atoms with Gasteiger partial charge in [-0.2, -0.15) is 11.8 Å². The number of hydrogen-bond acceptors (Lipinski definition) is 6. The Kier molecular flexibility index (Phi) is 5.40. The molecule has 0 aromatic heterocycles. The normalized spacial score (nSPS) is 10.1. The Morgan fingerprint density at radius 2 is 2.28 bits per heavy atom. The number of aromatic hydroxyl groups is 1. The summed E-state index contributed by atoms with van der Waals surface area (Å²) in [5.41, 5.74) is 5.11. The number of non-ortho nitro benzene ring substituents is 1. The lowest BCUT2D eigenvalue weighted by Crippen LogP contribution is -2.15. The maximum Gasteiger partial charge on any atom is 0.271 e. The summed E-state index contributed by atoms with van der Waals surface area (Å²) in [6.45, 7) is 0.472. The third-order valence-corrected chi connectivity index (χ3v) is 2.95. The number of rotatable bonds is 6. The fourth-order valence-electron chi connectivity index (χ4n) is 1.17. The first-order chi connectivity index (χ1) is 8.54. The van der Waals surface area contributed by atoms with Crippen molar-refractivity contribution in [2.75, 3.05) is 23.4 Å². The van der Waals surface area contributed by atoms with E-state index in [2.05, 4.69) is 5.32 Å². The van der Waals surface area contributed by atoms with Crippen molar-refractivity contribution in [2.24, 2.45) is 5.73 Å². The Bertz CT molecular complexity index is 453. The molecule has 0 fully saturated rings. The van der Waals surface area contributed by atoms with E-state index in [4.69, 9.17) is 5.73 Å². The molecule has 1 rings (SSSR count). The number of benzene rings is 1. The highest BCUT2D eigenvalue weighted by molar-refractivity contribution is 7.99. The van der Waals surface area contributed by atoms with Crippen LogP contribution in [0.4, 0.5) is 11.4 Å². The lowest BCUT2D eigenvalue weighted by Gasteiger charge is -2.06. The highest BCUT2D eigenvalue weighted by atomic mass is 32.2. The van der Waals surface area contributed by atoms with Crippen LogP contribution >= 0.6 is 11.8 Å². The maximum atomic E-state index is 11.5. The van der Waals surface area contributed by atoms with Gasteiger partial charge >= 0.3 is 0 Å². The third-order valence-electron chi connectivity index (χ3n) is 1.96. The van der Waals surface area contributed by atoms with Crippen LogP contribution in [0.5, 0.6) is 5.75 Å². The van der Waals surface area contributed by atoms with Crippen molar-refractivity contribution in [3.8, 4) is 5.75 Å². The van der Waals surface area contributed by atoms with Gasteiger partial charge in [0, 0.05) is 24.4 Å². The van der Waals surface area contributed by atoms with E-state index in [0.717, 1.165) is 12.1 Å². The molecule has 1 aromatic rings. The number of thioether (sulfide) groups is 1. The van der Waals surface area contributed by atoms with E-state index in [1.165, 1.54) is 17.8 Å². The molecule has 8 heteroatoms. The van der Waals surface area contributed by atoms with Gasteiger partial charge in [-0.05, 0) is 6.07 Å². The standard InChI is InChI=1S/C10H13N3O4S/c11-3-4-18-6-10(15)12-8-5-7(13(16)17)1-2-9(8)14/h1-2,5,14H,3-4,6,11H2,(H,12,15). The van der Waals surface area contributed by atoms with E-state index in [-0.39, 0.29) is 28.8 Å². The number of carbonyl (C=O) groups is 1. The smallest absolute Gasteiger partial charge is 0.271 e. The van der Waals surface area contributed by atoms with Gasteiger partial charge in [0.15, 0.2) is 0 Å². The van der Waals surface area contributed by atoms with Crippen molar-refractivity contribution >= 4 is 29.0 Å². The molecule has 4 N–H and O–H groups in total. The van der Waals surface area contributed by atoms with Gasteiger partial charge in [-0.25, -0.2) is 0 Å². The summed E-state index contributed by atoms with van der Waals surface area (Å²) in [4.78, 5) is 21.4. The Morgan fingerprint density at radius 1 is 1.56 bits per heavy atom. The van der Waals surface area contributed by atoms with Gasteiger partial charge in [-0.15, -0.1) is 0 Å². The second kappa shape index (κ2) is 6.82. The van der Waals surface area contributed by atoms with Crippen molar-refractivity contribution in [1.29, 1.82) is 0 Å². The van der Waals surface area contributed by atoms with Crippen LogP contribution in [0.15, 0.2) is 18.2 Å². The number of carbonyl (C=O) groups excluding carboxylic acids is 1. The van der Waals surface area contributed by atoms with Crippen LogP contribution in [0.25, 0.3) is 0 Å². The second-order valence-corrected chi connectivity index (χ2v) is 4.45. The van der Waals surface area contributed by atoms with Gasteiger partial charge in [0.25, 0.3) is 5.69 Å². The summed E-state index contributed by atoms with van der Waals surface area (Å²) in [6.07, 6.45) is 0. The van der Waals surface area contributed by atoms with Crippen molar-refractivity contribution in [3.63, 3.8) is 0 Å². The lowest BCUT2D eigenvalue weighted by molar-refractivity contribution is -0.384. The molecule has 0 bridgehead atoms. The topological polar surface area (TPSA) is 118 Å². The molecule has 0 saturated carbocycles. The average Bonchev–Trinajstić information content (AvgIpc) is 2.32. The number of hydrogen-bond donors (Lipinski definition) is 3. The Hall–Kier alpha value is -1.80. The van der Waals surface area contributed by atoms with Crippen LogP contribution in [0.1, 0.15) is 0 Å². The van der Waals surface area contributed by atoms with E-state index in [1.807, 2.05) is 0 Å². The van der Waals surface area contributed by atoms with Gasteiger partial charge in [-0.1, -0.05) is 0 Å². The molecule has 7 nitrogen and oxygen atoms in total. The number of nitrogens with zero attached hydrogens (tertiary/aromatic N) is 1. The molecule has 0 spiro atoms. The molecular weight excluding hydrogens is 258 g/mol. The van der Waals surface area contributed by atoms with Gasteiger partial charge in [0.05, 0.1) is 16.4 Å². The molecule has 0 saturated heterocycles. The zero-order valence-corrected chi connectivity index (χ0v) is 10.3. The van der Waals surface area contributed by atoms with E-state index >= 15 is 0 Å². The molecule has 0 aliphatic carbocycles. The van der Waals surface area contributed by atoms with Crippen LogP contribution in [0, 0.1) is 10.1 Å². The molecule has 0 atom stereocenters. The zero-order chi connectivity index (χ0) is 13.5. The number of nitro benzene ring substituents is 1. The van der Waals surface area contributed by atoms with Gasteiger partial charge in [0.2, 0.25) is 5.91 Å². The lowest BCUT2D eigenvalue weighted by atomic mass is 10.2. The number of anilines is 1. The summed E-state index contributed by atoms with van der Waals surface area (Å²) in [5, 5.41) is 22.4. The maximum absolute atomic E-state index is 11.5. The van der Waals surface area contributed by atoms with E-state index < -0.39 is 4.92 Å². The molecule has 1 amide bonds. The number of amides is 1. The molecule has 1 aromatic carbocycles. The van der Waals surface area contributed by atoms with Gasteiger partial charge in [0.1, 0.15) is 5.75 Å². The van der Waals surface area contributed by atoms with Crippen LogP contribution in [0.3, 0.4) is 0 Å². The fraction of sp³-hybridized carbons (Fsp3) is 0.300. The van der Waals surface area contributed by atoms with Crippen LogP contribution in [-0.4, -0.2) is 34.0 Å². The summed E-state index contributed by atoms with van der Waals surface area (Å²) < 4.78 is 0. The molecule has 0 aliphatic heterocycles. The van der Waals surface area contributed by atoms with Gasteiger partial charge in [-0.3, -0.25) is 14.9 Å². The van der Waals surface area contributed by atoms with E-state index in [1.54, 1.807) is 0 Å². The SMILES string of the molecule is NCCSCC(=O)Nc1cc([N+](=O)[O-])ccc1O. The number of nitrogens with one attached hydrogen (secondary N) is 1. The van der Waals surface area contributed by atoms with Gasteiger partial charge < -0.3 is 16.2 Å². The Balaban J connectivity index is 2.68. The number of phenols is 1. The van der Waals surface area contributed by atoms with Crippen LogP contribution < -0.4 is 11.1 Å². The molecule has 98 valence electrons. The van der Waals surface area contributed by atoms with Crippen molar-refractivity contribution < 1.29 is 14.8 Å². The molecule has 18 heavy (non-hydrogen) atoms. The first-order valence-electron chi connectivity index (χ1n) is 5.09. The highest BCUT2D eigenvalue weighted by Crippen LogP contribution is 2.27. The molecule has 0 radical (unpaired) electrons. The molecule has 0 heterocycles. The van der Waals surface area contributed by atoms with Crippen LogP contribution in [-0.2, 0) is 4.79 Å². The number of nitrogens with two attached hydrogens (primary N) is 1.